The number of furan rings is 1. The molecule has 0 N–H and O–H groups in total. The highest BCUT2D eigenvalue weighted by atomic mass is 16.5. The number of hydrogen-bond donors (Lipinski definition) is 0. The van der Waals surface area contributed by atoms with Gasteiger partial charge >= 0.3 is 0 Å². The van der Waals surface area contributed by atoms with Crippen molar-refractivity contribution in [2.24, 2.45) is 0 Å². The van der Waals surface area contributed by atoms with Gasteiger partial charge in [0.2, 0.25) is 0 Å². The molecule has 4 heterocycles. The molecule has 6 nitrogen and oxygen atoms in total. The molecule has 0 radical (unpaired) electrons. The van der Waals surface area contributed by atoms with Gasteiger partial charge in [-0.2, -0.15) is 0 Å². The van der Waals surface area contributed by atoms with E-state index in [2.05, 4.69) is 4.90 Å². The number of carbonyl (C=O) groups excluding carboxylic acids is 1. The fraction of sp³-hybridized carbons (Fsp3) is 0.625. The summed E-state index contributed by atoms with van der Waals surface area (Å²) >= 11 is 0. The zero-order valence-electron chi connectivity index (χ0n) is 17.9. The van der Waals surface area contributed by atoms with Crippen molar-refractivity contribution in [1.82, 2.24) is 9.80 Å². The molecule has 0 saturated carbocycles. The predicted octanol–water partition coefficient (Wildman–Crippen LogP) is 4.08. The van der Waals surface area contributed by atoms with Gasteiger partial charge in [-0.3, -0.25) is 9.69 Å². The highest BCUT2D eigenvalue weighted by Gasteiger charge is 2.43. The summed E-state index contributed by atoms with van der Waals surface area (Å²) in [6.45, 7) is 4.71. The summed E-state index contributed by atoms with van der Waals surface area (Å²) in [7, 11) is 1.62. The first-order valence-electron chi connectivity index (χ1n) is 11.4. The Morgan fingerprint density at radius 2 is 2.03 bits per heavy atom. The summed E-state index contributed by atoms with van der Waals surface area (Å²) in [4.78, 5) is 17.9. The van der Waals surface area contributed by atoms with E-state index in [4.69, 9.17) is 13.9 Å². The topological polar surface area (TPSA) is 55.2 Å². The van der Waals surface area contributed by atoms with E-state index >= 15 is 0 Å². The van der Waals surface area contributed by atoms with Crippen molar-refractivity contribution in [3.63, 3.8) is 0 Å². The Labute approximate surface area is 178 Å². The van der Waals surface area contributed by atoms with Gasteiger partial charge in [-0.1, -0.05) is 12.1 Å². The van der Waals surface area contributed by atoms with Gasteiger partial charge in [0.05, 0.1) is 13.2 Å². The number of ether oxygens (including phenoxy) is 2. The lowest BCUT2D eigenvalue weighted by Gasteiger charge is -2.39. The monoisotopic (exact) mass is 412 g/mol. The largest absolute Gasteiger partial charge is 0.493 e. The highest BCUT2D eigenvalue weighted by molar-refractivity contribution is 5.97. The normalized spacial score (nSPS) is 27.8. The van der Waals surface area contributed by atoms with Crippen LogP contribution in [0.1, 0.15) is 55.5 Å². The Hall–Kier alpha value is -2.05. The maximum Gasteiger partial charge on any atom is 0.289 e. The average molecular weight is 413 g/mol. The minimum absolute atomic E-state index is 0.00558. The fourth-order valence-corrected chi connectivity index (χ4v) is 5.72. The minimum Gasteiger partial charge on any atom is -0.493 e. The molecule has 1 spiro atoms. The maximum absolute atomic E-state index is 13.2. The molecule has 0 bridgehead atoms. The molecule has 0 unspecified atom stereocenters. The van der Waals surface area contributed by atoms with E-state index in [-0.39, 0.29) is 11.4 Å². The molecular formula is C24H32N2O4. The number of likely N-dealkylation sites (tertiary alicyclic amines) is 2. The molecule has 3 saturated heterocycles. The van der Waals surface area contributed by atoms with Gasteiger partial charge in [0, 0.05) is 37.2 Å². The van der Waals surface area contributed by atoms with Gasteiger partial charge in [0.1, 0.15) is 0 Å². The Kier molecular flexibility index (Phi) is 5.46. The first kappa shape index (κ1) is 19.9. The Balaban J connectivity index is 1.30. The van der Waals surface area contributed by atoms with Crippen LogP contribution in [0, 0.1) is 0 Å². The second kappa shape index (κ2) is 8.23. The standard InChI is InChI=1S/C24H32N2O4/c1-28-20-8-2-6-18-16-21(30-22(18)20)23(27)25-12-4-9-24(11-14-25)10-5-13-26(24)17-19-7-3-15-29-19/h2,6,8,16,19H,3-5,7,9-15,17H2,1H3/t19-,24-/m0/s1. The van der Waals surface area contributed by atoms with Crippen LogP contribution in [0.2, 0.25) is 0 Å². The second-order valence-electron chi connectivity index (χ2n) is 9.04. The molecule has 5 rings (SSSR count). The Morgan fingerprint density at radius 3 is 2.83 bits per heavy atom. The lowest BCUT2D eigenvalue weighted by Crippen LogP contribution is -2.47. The summed E-state index contributed by atoms with van der Waals surface area (Å²) in [5, 5.41) is 0.905. The summed E-state index contributed by atoms with van der Waals surface area (Å²) < 4.78 is 17.2. The van der Waals surface area contributed by atoms with Crippen LogP contribution in [-0.2, 0) is 4.74 Å². The molecular weight excluding hydrogens is 380 g/mol. The van der Waals surface area contributed by atoms with Gasteiger partial charge in [-0.25, -0.2) is 0 Å². The molecule has 2 atom stereocenters. The van der Waals surface area contributed by atoms with E-state index in [9.17, 15) is 4.79 Å². The molecule has 162 valence electrons. The van der Waals surface area contributed by atoms with Crippen molar-refractivity contribution < 1.29 is 18.7 Å². The number of benzene rings is 1. The van der Waals surface area contributed by atoms with Crippen LogP contribution < -0.4 is 4.74 Å². The van der Waals surface area contributed by atoms with Crippen LogP contribution in [-0.4, -0.2) is 67.2 Å². The molecule has 6 heteroatoms. The summed E-state index contributed by atoms with van der Waals surface area (Å²) in [5.41, 5.74) is 0.881. The zero-order valence-corrected chi connectivity index (χ0v) is 17.9. The van der Waals surface area contributed by atoms with E-state index in [1.807, 2.05) is 29.2 Å². The number of methoxy groups -OCH3 is 1. The third-order valence-electron chi connectivity index (χ3n) is 7.33. The molecule has 3 aliphatic heterocycles. The number of fused-ring (bicyclic) bond motifs is 1. The first-order valence-corrected chi connectivity index (χ1v) is 11.4. The summed E-state index contributed by atoms with van der Waals surface area (Å²) in [6.07, 6.45) is 8.51. The lowest BCUT2D eigenvalue weighted by molar-refractivity contribution is 0.0339. The molecule has 1 aromatic carbocycles. The predicted molar refractivity (Wildman–Crippen MR) is 115 cm³/mol. The molecule has 2 aromatic rings. The van der Waals surface area contributed by atoms with Crippen molar-refractivity contribution in [2.45, 2.75) is 56.6 Å². The smallest absolute Gasteiger partial charge is 0.289 e. The van der Waals surface area contributed by atoms with Crippen molar-refractivity contribution in [3.8, 4) is 5.75 Å². The summed E-state index contributed by atoms with van der Waals surface area (Å²) in [5.74, 6) is 1.07. The fourth-order valence-electron chi connectivity index (χ4n) is 5.72. The van der Waals surface area contributed by atoms with Crippen LogP contribution in [0.25, 0.3) is 11.0 Å². The molecule has 0 aliphatic carbocycles. The molecule has 1 aromatic heterocycles. The SMILES string of the molecule is COc1cccc2cc(C(=O)N3CCC[C@]4(CCCN4C[C@@H]4CCCO4)CC3)oc12. The number of para-hydroxylation sites is 1. The van der Waals surface area contributed by atoms with E-state index in [0.29, 0.717) is 23.2 Å². The van der Waals surface area contributed by atoms with Crippen molar-refractivity contribution in [3.05, 3.63) is 30.0 Å². The van der Waals surface area contributed by atoms with E-state index in [0.717, 1.165) is 57.4 Å². The van der Waals surface area contributed by atoms with Gasteiger partial charge < -0.3 is 18.8 Å². The third kappa shape index (κ3) is 3.60. The van der Waals surface area contributed by atoms with Crippen LogP contribution in [0.3, 0.4) is 0 Å². The minimum atomic E-state index is -0.00558. The van der Waals surface area contributed by atoms with Crippen molar-refractivity contribution in [2.75, 3.05) is 39.9 Å². The molecule has 3 fully saturated rings. The van der Waals surface area contributed by atoms with Crippen LogP contribution in [0.15, 0.2) is 28.7 Å². The quantitative estimate of drug-likeness (QED) is 0.757. The Bertz CT molecular complexity index is 904. The van der Waals surface area contributed by atoms with Crippen molar-refractivity contribution >= 4 is 16.9 Å². The van der Waals surface area contributed by atoms with E-state index in [1.54, 1.807) is 7.11 Å². The first-order chi connectivity index (χ1) is 14.7. The van der Waals surface area contributed by atoms with Crippen molar-refractivity contribution in [1.29, 1.82) is 0 Å². The second-order valence-corrected chi connectivity index (χ2v) is 9.04. The highest BCUT2D eigenvalue weighted by Crippen LogP contribution is 2.39. The number of hydrogen-bond acceptors (Lipinski definition) is 5. The van der Waals surface area contributed by atoms with Crippen LogP contribution >= 0.6 is 0 Å². The van der Waals surface area contributed by atoms with Gasteiger partial charge in [0.15, 0.2) is 17.1 Å². The molecule has 30 heavy (non-hydrogen) atoms. The lowest BCUT2D eigenvalue weighted by atomic mass is 9.87. The number of carbonyl (C=O) groups is 1. The molecule has 3 aliphatic rings. The van der Waals surface area contributed by atoms with Crippen LogP contribution in [0.4, 0.5) is 0 Å². The van der Waals surface area contributed by atoms with E-state index < -0.39 is 0 Å². The Morgan fingerprint density at radius 1 is 1.17 bits per heavy atom. The number of amides is 1. The van der Waals surface area contributed by atoms with Gasteiger partial charge in [0.25, 0.3) is 5.91 Å². The van der Waals surface area contributed by atoms with E-state index in [1.165, 1.54) is 25.7 Å². The molecule has 1 amide bonds. The van der Waals surface area contributed by atoms with Gasteiger partial charge in [-0.05, 0) is 63.6 Å². The summed E-state index contributed by atoms with van der Waals surface area (Å²) in [6, 6.07) is 7.58. The maximum atomic E-state index is 13.2. The third-order valence-corrected chi connectivity index (χ3v) is 7.33. The zero-order chi connectivity index (χ0) is 20.6. The van der Waals surface area contributed by atoms with Crippen LogP contribution in [0.5, 0.6) is 5.75 Å². The average Bonchev–Trinajstić information content (AvgIpc) is 3.47. The number of rotatable bonds is 4. The number of nitrogens with zero attached hydrogens (tertiary/aromatic N) is 2. The van der Waals surface area contributed by atoms with Gasteiger partial charge in [-0.15, -0.1) is 0 Å².